The van der Waals surface area contributed by atoms with Crippen molar-refractivity contribution >= 4 is 65.9 Å². The summed E-state index contributed by atoms with van der Waals surface area (Å²) in [6.07, 6.45) is 0. The molecule has 0 unspecified atom stereocenters. The van der Waals surface area contributed by atoms with Gasteiger partial charge in [-0.1, -0.05) is 36.4 Å². The van der Waals surface area contributed by atoms with E-state index >= 15 is 0 Å². The molecule has 6 aromatic carbocycles. The molecule has 0 bridgehead atoms. The lowest BCUT2D eigenvalue weighted by Crippen LogP contribution is -2.33. The first kappa shape index (κ1) is 38.3. The van der Waals surface area contributed by atoms with Gasteiger partial charge in [-0.2, -0.15) is 0 Å². The highest BCUT2D eigenvalue weighted by molar-refractivity contribution is 7.79. The first-order chi connectivity index (χ1) is 26.1. The van der Waals surface area contributed by atoms with Crippen molar-refractivity contribution in [3.63, 3.8) is 0 Å². The van der Waals surface area contributed by atoms with Crippen molar-refractivity contribution in [2.24, 2.45) is 0 Å². The summed E-state index contributed by atoms with van der Waals surface area (Å²) in [5.74, 6) is 0.559. The van der Waals surface area contributed by atoms with Gasteiger partial charge < -0.3 is 29.1 Å². The fourth-order valence-corrected chi connectivity index (χ4v) is 6.23. The molecule has 0 saturated heterocycles. The summed E-state index contributed by atoms with van der Waals surface area (Å²) in [6, 6.07) is 40.3. The first-order valence-electron chi connectivity index (χ1n) is 17.2. The number of aromatic nitrogens is 4. The van der Waals surface area contributed by atoms with Crippen molar-refractivity contribution in [1.29, 1.82) is 0 Å². The Bertz CT molecular complexity index is 2610. The molecule has 0 saturated carbocycles. The van der Waals surface area contributed by atoms with E-state index in [1.807, 2.05) is 103 Å². The number of phenolic OH excluding ortho intramolecular Hbond substituents is 2. The van der Waals surface area contributed by atoms with E-state index < -0.39 is 10.4 Å². The number of aromatic hydroxyl groups is 2. The van der Waals surface area contributed by atoms with Gasteiger partial charge in [-0.25, -0.2) is 9.97 Å². The van der Waals surface area contributed by atoms with Gasteiger partial charge in [0.15, 0.2) is 0 Å². The van der Waals surface area contributed by atoms with Crippen LogP contribution >= 0.6 is 0 Å². The number of benzene rings is 6. The van der Waals surface area contributed by atoms with Gasteiger partial charge in [0.05, 0.1) is 12.1 Å². The molecule has 0 fully saturated rings. The van der Waals surface area contributed by atoms with E-state index in [-0.39, 0.29) is 11.5 Å². The van der Waals surface area contributed by atoms with Gasteiger partial charge in [-0.15, -0.1) is 9.13 Å². The van der Waals surface area contributed by atoms with E-state index in [1.165, 1.54) is 0 Å². The summed E-state index contributed by atoms with van der Waals surface area (Å²) < 4.78 is 38.4. The van der Waals surface area contributed by atoms with Crippen LogP contribution in [0.25, 0.3) is 55.5 Å². The zero-order valence-electron chi connectivity index (χ0n) is 31.2. The standard InChI is InChI=1S/2C21H19N3O.H2O4S/c2*1-14-11-18-20(13-21(14)25)24(15-7-5-4-6-8-15)19-12-16(23(2)3)9-10-17(19)22-18;1-5(2,3)4/h2*4-13H,1-3H3;(H2,1,2,3,4). The zero-order chi connectivity index (χ0) is 39.6. The third-order valence-corrected chi connectivity index (χ3v) is 9.01. The largest absolute Gasteiger partial charge is 0.759 e. The van der Waals surface area contributed by atoms with Crippen LogP contribution in [0, 0.1) is 13.8 Å². The number of rotatable bonds is 4. The predicted octanol–water partition coefficient (Wildman–Crippen LogP) is 6.15. The summed E-state index contributed by atoms with van der Waals surface area (Å²) in [4.78, 5) is 13.8. The highest BCUT2D eigenvalue weighted by atomic mass is 32.3. The molecule has 0 spiro atoms. The number of hydrogen-bond acceptors (Lipinski definition) is 10. The predicted molar refractivity (Wildman–Crippen MR) is 213 cm³/mol. The summed E-state index contributed by atoms with van der Waals surface area (Å²) in [7, 11) is 2.94. The second-order valence-corrected chi connectivity index (χ2v) is 14.2. The monoisotopic (exact) mass is 756 g/mol. The van der Waals surface area contributed by atoms with E-state index in [0.717, 1.165) is 78.0 Å². The molecule has 0 aliphatic heterocycles. The number of nitrogens with zero attached hydrogens (tertiary/aromatic N) is 6. The fourth-order valence-electron chi connectivity index (χ4n) is 6.23. The summed E-state index contributed by atoms with van der Waals surface area (Å²) in [5, 5.41) is 20.5. The van der Waals surface area contributed by atoms with Crippen LogP contribution in [0.2, 0.25) is 0 Å². The number of aryl methyl sites for hydroxylation is 2. The maximum absolute atomic E-state index is 10.3. The molecule has 2 N–H and O–H groups in total. The summed E-state index contributed by atoms with van der Waals surface area (Å²) >= 11 is 0. The van der Waals surface area contributed by atoms with Crippen LogP contribution in [0.5, 0.6) is 11.5 Å². The van der Waals surface area contributed by atoms with Crippen molar-refractivity contribution < 1.29 is 36.9 Å². The quantitative estimate of drug-likeness (QED) is 0.0923. The molecule has 55 heavy (non-hydrogen) atoms. The van der Waals surface area contributed by atoms with E-state index in [4.69, 9.17) is 27.5 Å². The number of fused-ring (bicyclic) bond motifs is 4. The second-order valence-electron chi connectivity index (χ2n) is 13.4. The topological polar surface area (TPSA) is 161 Å². The van der Waals surface area contributed by atoms with E-state index in [1.54, 1.807) is 12.1 Å². The minimum absolute atomic E-state index is 0.280. The van der Waals surface area contributed by atoms with Crippen molar-refractivity contribution in [1.82, 2.24) is 9.97 Å². The smallest absolute Gasteiger partial charge is 0.241 e. The van der Waals surface area contributed by atoms with Crippen molar-refractivity contribution in [2.45, 2.75) is 13.8 Å². The van der Waals surface area contributed by atoms with Gasteiger partial charge in [-0.3, -0.25) is 8.42 Å². The van der Waals surface area contributed by atoms with Crippen LogP contribution in [-0.2, 0) is 10.4 Å². The number of hydrogen-bond donors (Lipinski definition) is 2. The van der Waals surface area contributed by atoms with Crippen molar-refractivity contribution in [3.8, 4) is 22.9 Å². The van der Waals surface area contributed by atoms with Gasteiger partial charge in [0.25, 0.3) is 0 Å². The van der Waals surface area contributed by atoms with E-state index in [0.29, 0.717) is 0 Å². The Kier molecular flexibility index (Phi) is 10.8. The van der Waals surface area contributed by atoms with Crippen LogP contribution < -0.4 is 18.9 Å². The van der Waals surface area contributed by atoms with Crippen LogP contribution in [-0.4, -0.2) is 65.9 Å². The molecule has 8 rings (SSSR count). The number of phenols is 2. The van der Waals surface area contributed by atoms with Crippen LogP contribution in [0.15, 0.2) is 121 Å². The Balaban J connectivity index is 0.000000167. The highest BCUT2D eigenvalue weighted by Crippen LogP contribution is 2.28. The Morgan fingerprint density at radius 1 is 0.509 bits per heavy atom. The molecule has 2 aromatic heterocycles. The Morgan fingerprint density at radius 2 is 0.836 bits per heavy atom. The van der Waals surface area contributed by atoms with Crippen LogP contribution in [0.3, 0.4) is 0 Å². The zero-order valence-corrected chi connectivity index (χ0v) is 32.0. The second kappa shape index (κ2) is 15.5. The van der Waals surface area contributed by atoms with Crippen LogP contribution in [0.4, 0.5) is 11.4 Å². The lowest BCUT2D eigenvalue weighted by Gasteiger charge is -2.13. The third-order valence-electron chi connectivity index (χ3n) is 9.01. The molecule has 2 heterocycles. The molecule has 13 heteroatoms. The van der Waals surface area contributed by atoms with Gasteiger partial charge in [0, 0.05) is 86.4 Å². The molecule has 0 atom stereocenters. The molecule has 0 amide bonds. The number of para-hydroxylation sites is 2. The van der Waals surface area contributed by atoms with E-state index in [9.17, 15) is 10.2 Å². The minimum atomic E-state index is -5.17. The molecule has 0 aliphatic rings. The SMILES string of the molecule is Cc1cc2nc3ccc(N(C)C)cc3[n+](-c3ccccc3)c2cc1O.Cc1cc2nc3ccc(N(C)C)cc3[n+](-c3ccccc3)c2cc1O.O=S(=O)([O-])[O-]. The van der Waals surface area contributed by atoms with E-state index in [2.05, 4.69) is 67.5 Å². The lowest BCUT2D eigenvalue weighted by atomic mass is 10.1. The summed E-state index contributed by atoms with van der Waals surface area (Å²) in [5.41, 5.74) is 13.3. The molecule has 0 radical (unpaired) electrons. The van der Waals surface area contributed by atoms with Crippen molar-refractivity contribution in [2.75, 3.05) is 38.0 Å². The third kappa shape index (κ3) is 8.54. The molecular weight excluding hydrogens is 717 g/mol. The summed E-state index contributed by atoms with van der Waals surface area (Å²) in [6.45, 7) is 3.78. The average Bonchev–Trinajstić information content (AvgIpc) is 3.14. The average molecular weight is 757 g/mol. The minimum Gasteiger partial charge on any atom is -0.759 e. The Labute approximate surface area is 319 Å². The maximum Gasteiger partial charge on any atom is 0.241 e. The molecular formula is C42H40N6O6S. The molecule has 0 aliphatic carbocycles. The Morgan fingerprint density at radius 3 is 1.16 bits per heavy atom. The maximum atomic E-state index is 10.3. The van der Waals surface area contributed by atoms with Gasteiger partial charge in [-0.05, 0) is 61.4 Å². The van der Waals surface area contributed by atoms with Crippen LogP contribution in [0.1, 0.15) is 11.1 Å². The highest BCUT2D eigenvalue weighted by Gasteiger charge is 2.23. The fraction of sp³-hybridized carbons (Fsp3) is 0.143. The Hall–Kier alpha value is -6.41. The van der Waals surface area contributed by atoms with Gasteiger partial charge in [0.2, 0.25) is 33.4 Å². The number of anilines is 2. The molecule has 12 nitrogen and oxygen atoms in total. The molecule has 8 aromatic rings. The molecule has 280 valence electrons. The van der Waals surface area contributed by atoms with Gasteiger partial charge in [0.1, 0.15) is 33.6 Å². The first-order valence-corrected chi connectivity index (χ1v) is 18.5. The lowest BCUT2D eigenvalue weighted by molar-refractivity contribution is -0.538. The van der Waals surface area contributed by atoms with Crippen molar-refractivity contribution in [3.05, 3.63) is 132 Å². The van der Waals surface area contributed by atoms with Gasteiger partial charge >= 0.3 is 0 Å². The normalized spacial score (nSPS) is 11.2.